The van der Waals surface area contributed by atoms with E-state index >= 15 is 0 Å². The van der Waals surface area contributed by atoms with E-state index in [2.05, 4.69) is 10.3 Å². The molecular weight excluding hydrogens is 408 g/mol. The second kappa shape index (κ2) is 9.28. The maximum Gasteiger partial charge on any atom is 0.336 e. The largest absolute Gasteiger partial charge is 0.497 e. The lowest BCUT2D eigenvalue weighted by Crippen LogP contribution is -2.28. The van der Waals surface area contributed by atoms with Crippen LogP contribution >= 0.6 is 11.6 Å². The Bertz CT molecular complexity index is 1090. The van der Waals surface area contributed by atoms with Gasteiger partial charge in [0.15, 0.2) is 0 Å². The average Bonchev–Trinajstić information content (AvgIpc) is 2.75. The molecule has 1 atom stereocenters. The van der Waals surface area contributed by atoms with Crippen molar-refractivity contribution in [3.05, 3.63) is 82.5 Å². The van der Waals surface area contributed by atoms with E-state index in [0.29, 0.717) is 17.1 Å². The second-order valence-electron chi connectivity index (χ2n) is 6.37. The normalized spacial score (nSPS) is 11.4. The van der Waals surface area contributed by atoms with Crippen LogP contribution in [0.5, 0.6) is 17.4 Å². The van der Waals surface area contributed by atoms with Crippen molar-refractivity contribution < 1.29 is 24.2 Å². The number of carbonyl (C=O) groups is 2. The molecule has 30 heavy (non-hydrogen) atoms. The molecule has 2 aromatic carbocycles. The minimum Gasteiger partial charge on any atom is -0.497 e. The van der Waals surface area contributed by atoms with Crippen LogP contribution in [0.1, 0.15) is 39.2 Å². The van der Waals surface area contributed by atoms with E-state index < -0.39 is 17.9 Å². The first-order valence-electron chi connectivity index (χ1n) is 8.99. The summed E-state index contributed by atoms with van der Waals surface area (Å²) in [5.74, 6) is -0.494. The number of methoxy groups -OCH3 is 1. The van der Waals surface area contributed by atoms with E-state index in [1.54, 1.807) is 49.4 Å². The summed E-state index contributed by atoms with van der Waals surface area (Å²) in [7, 11) is 1.54. The van der Waals surface area contributed by atoms with Gasteiger partial charge in [0.25, 0.3) is 5.91 Å². The molecule has 2 N–H and O–H groups in total. The van der Waals surface area contributed by atoms with Gasteiger partial charge in [-0.3, -0.25) is 4.79 Å². The van der Waals surface area contributed by atoms with Crippen molar-refractivity contribution in [3.63, 3.8) is 0 Å². The third-order valence-electron chi connectivity index (χ3n) is 4.32. The summed E-state index contributed by atoms with van der Waals surface area (Å²) in [5.41, 5.74) is 0.705. The molecule has 1 heterocycles. The fraction of sp³-hybridized carbons (Fsp3) is 0.136. The highest BCUT2D eigenvalue weighted by molar-refractivity contribution is 6.30. The van der Waals surface area contributed by atoms with Crippen molar-refractivity contribution in [1.29, 1.82) is 0 Å². The average molecular weight is 427 g/mol. The number of nitrogens with one attached hydrogen (secondary N) is 1. The van der Waals surface area contributed by atoms with Crippen molar-refractivity contribution in [3.8, 4) is 17.4 Å². The molecule has 1 amide bonds. The van der Waals surface area contributed by atoms with E-state index in [9.17, 15) is 14.7 Å². The summed E-state index contributed by atoms with van der Waals surface area (Å²) in [6, 6.07) is 14.2. The van der Waals surface area contributed by atoms with Crippen LogP contribution in [0.15, 0.2) is 60.8 Å². The van der Waals surface area contributed by atoms with Crippen LogP contribution in [0.25, 0.3) is 0 Å². The van der Waals surface area contributed by atoms with Gasteiger partial charge in [0.2, 0.25) is 5.88 Å². The Kier molecular flexibility index (Phi) is 6.54. The van der Waals surface area contributed by atoms with Crippen LogP contribution < -0.4 is 14.8 Å². The molecule has 0 bridgehead atoms. The van der Waals surface area contributed by atoms with Gasteiger partial charge in [0.05, 0.1) is 23.7 Å². The number of rotatable bonds is 7. The molecule has 3 rings (SSSR count). The molecule has 0 aliphatic heterocycles. The Morgan fingerprint density at radius 2 is 1.80 bits per heavy atom. The number of aromatic nitrogens is 1. The highest BCUT2D eigenvalue weighted by atomic mass is 35.5. The lowest BCUT2D eigenvalue weighted by atomic mass is 10.0. The number of carboxylic acids is 1. The van der Waals surface area contributed by atoms with Crippen LogP contribution in [0.3, 0.4) is 0 Å². The maximum atomic E-state index is 12.9. The topological polar surface area (TPSA) is 97.8 Å². The van der Waals surface area contributed by atoms with Crippen LogP contribution in [0.2, 0.25) is 5.02 Å². The number of amides is 1. The van der Waals surface area contributed by atoms with Gasteiger partial charge in [-0.15, -0.1) is 0 Å². The Labute approximate surface area is 178 Å². The number of aromatic carboxylic acids is 1. The number of halogens is 1. The predicted molar refractivity (Wildman–Crippen MR) is 112 cm³/mol. The van der Waals surface area contributed by atoms with E-state index in [-0.39, 0.29) is 22.0 Å². The quantitative estimate of drug-likeness (QED) is 0.567. The Morgan fingerprint density at radius 1 is 1.07 bits per heavy atom. The first kappa shape index (κ1) is 21.1. The van der Waals surface area contributed by atoms with E-state index in [0.717, 1.165) is 0 Å². The summed E-state index contributed by atoms with van der Waals surface area (Å²) < 4.78 is 10.9. The Balaban J connectivity index is 1.87. The molecule has 0 saturated carbocycles. The van der Waals surface area contributed by atoms with Crippen molar-refractivity contribution >= 4 is 23.5 Å². The van der Waals surface area contributed by atoms with Crippen LogP contribution in [0, 0.1) is 0 Å². The van der Waals surface area contributed by atoms with Gasteiger partial charge in [-0.2, -0.15) is 0 Å². The second-order valence-corrected chi connectivity index (χ2v) is 6.81. The number of nitrogens with zero attached hydrogens (tertiary/aromatic N) is 1. The minimum atomic E-state index is -1.07. The van der Waals surface area contributed by atoms with E-state index in [1.807, 2.05) is 0 Å². The summed E-state index contributed by atoms with van der Waals surface area (Å²) >= 11 is 6.04. The van der Waals surface area contributed by atoms with Crippen molar-refractivity contribution in [1.82, 2.24) is 10.3 Å². The Morgan fingerprint density at radius 3 is 2.53 bits per heavy atom. The highest BCUT2D eigenvalue weighted by Crippen LogP contribution is 2.28. The predicted octanol–water partition coefficient (Wildman–Crippen LogP) is 4.73. The molecule has 154 valence electrons. The molecule has 3 aromatic rings. The standard InChI is InChI=1S/C22H19ClN2O5/c1-13(17-8-3-4-9-18(17)22(27)28)25-20(26)19-10-14(23)12-24-21(19)30-16-7-5-6-15(11-16)29-2/h3-13H,1-2H3,(H,25,26)(H,27,28)/t13-/m0/s1. The lowest BCUT2D eigenvalue weighted by Gasteiger charge is -2.17. The molecule has 0 unspecified atom stereocenters. The zero-order chi connectivity index (χ0) is 21.7. The van der Waals surface area contributed by atoms with Crippen LogP contribution in [-0.4, -0.2) is 29.1 Å². The number of benzene rings is 2. The zero-order valence-electron chi connectivity index (χ0n) is 16.3. The third kappa shape index (κ3) is 4.87. The number of pyridine rings is 1. The van der Waals surface area contributed by atoms with Crippen molar-refractivity contribution in [2.24, 2.45) is 0 Å². The first-order valence-corrected chi connectivity index (χ1v) is 9.37. The van der Waals surface area contributed by atoms with Gasteiger partial charge in [0, 0.05) is 12.3 Å². The van der Waals surface area contributed by atoms with Gasteiger partial charge < -0.3 is 19.9 Å². The third-order valence-corrected chi connectivity index (χ3v) is 4.53. The summed E-state index contributed by atoms with van der Waals surface area (Å²) in [4.78, 5) is 28.5. The first-order chi connectivity index (χ1) is 14.4. The number of hydrogen-bond donors (Lipinski definition) is 2. The Hall–Kier alpha value is -3.58. The van der Waals surface area contributed by atoms with Crippen molar-refractivity contribution in [2.75, 3.05) is 7.11 Å². The molecule has 7 nitrogen and oxygen atoms in total. The fourth-order valence-corrected chi connectivity index (χ4v) is 3.03. The van der Waals surface area contributed by atoms with E-state index in [4.69, 9.17) is 21.1 Å². The zero-order valence-corrected chi connectivity index (χ0v) is 17.0. The summed E-state index contributed by atoms with van der Waals surface area (Å²) in [6.07, 6.45) is 1.37. The van der Waals surface area contributed by atoms with Gasteiger partial charge in [-0.25, -0.2) is 9.78 Å². The SMILES string of the molecule is COc1cccc(Oc2ncc(Cl)cc2C(=O)N[C@@H](C)c2ccccc2C(=O)O)c1. The fourth-order valence-electron chi connectivity index (χ4n) is 2.87. The number of ether oxygens (including phenoxy) is 2. The molecule has 0 radical (unpaired) electrons. The van der Waals surface area contributed by atoms with Crippen LogP contribution in [0.4, 0.5) is 0 Å². The molecule has 0 fully saturated rings. The van der Waals surface area contributed by atoms with Crippen LogP contribution in [-0.2, 0) is 0 Å². The molecule has 0 saturated heterocycles. The number of hydrogen-bond acceptors (Lipinski definition) is 5. The number of carbonyl (C=O) groups excluding carboxylic acids is 1. The monoisotopic (exact) mass is 426 g/mol. The smallest absolute Gasteiger partial charge is 0.336 e. The van der Waals surface area contributed by atoms with Crippen molar-refractivity contribution in [2.45, 2.75) is 13.0 Å². The molecule has 0 spiro atoms. The van der Waals surface area contributed by atoms with E-state index in [1.165, 1.54) is 25.4 Å². The summed E-state index contributed by atoms with van der Waals surface area (Å²) in [6.45, 7) is 1.69. The molecule has 0 aliphatic rings. The van der Waals surface area contributed by atoms with Gasteiger partial charge in [-0.1, -0.05) is 35.9 Å². The number of carboxylic acid groups (broad SMARTS) is 1. The van der Waals surface area contributed by atoms with Gasteiger partial charge >= 0.3 is 5.97 Å². The lowest BCUT2D eigenvalue weighted by molar-refractivity contribution is 0.0693. The van der Waals surface area contributed by atoms with Gasteiger partial charge in [-0.05, 0) is 36.8 Å². The molecule has 1 aromatic heterocycles. The van der Waals surface area contributed by atoms with Gasteiger partial charge in [0.1, 0.15) is 17.1 Å². The molecule has 0 aliphatic carbocycles. The highest BCUT2D eigenvalue weighted by Gasteiger charge is 2.21. The summed E-state index contributed by atoms with van der Waals surface area (Å²) in [5, 5.41) is 12.4. The maximum absolute atomic E-state index is 12.9. The minimum absolute atomic E-state index is 0.0591. The molecule has 8 heteroatoms. The molecular formula is C22H19ClN2O5.